The van der Waals surface area contributed by atoms with E-state index in [0.717, 1.165) is 11.8 Å². The Labute approximate surface area is 198 Å². The van der Waals surface area contributed by atoms with Gasteiger partial charge >= 0.3 is 0 Å². The summed E-state index contributed by atoms with van der Waals surface area (Å²) in [6.07, 6.45) is 4.03. The molecule has 9 heteroatoms. The molecule has 2 atom stereocenters. The van der Waals surface area contributed by atoms with Crippen molar-refractivity contribution in [3.63, 3.8) is 0 Å². The number of rotatable bonds is 5. The summed E-state index contributed by atoms with van der Waals surface area (Å²) < 4.78 is 13.5. The highest BCUT2D eigenvalue weighted by Crippen LogP contribution is 2.26. The molecule has 0 saturated carbocycles. The molecule has 2 aromatic carbocycles. The molecule has 1 fully saturated rings. The molecule has 1 aliphatic heterocycles. The van der Waals surface area contributed by atoms with Crippen molar-refractivity contribution >= 4 is 40.9 Å². The minimum absolute atomic E-state index is 0.00880. The summed E-state index contributed by atoms with van der Waals surface area (Å²) in [6, 6.07) is 10.1. The molecule has 1 amide bonds. The van der Waals surface area contributed by atoms with Crippen LogP contribution in [0.3, 0.4) is 0 Å². The number of amides is 1. The maximum absolute atomic E-state index is 13.7. The zero-order valence-corrected chi connectivity index (χ0v) is 19.5. The first-order chi connectivity index (χ1) is 16.4. The maximum atomic E-state index is 13.7. The van der Waals surface area contributed by atoms with E-state index in [1.165, 1.54) is 18.3 Å². The van der Waals surface area contributed by atoms with Crippen molar-refractivity contribution in [2.45, 2.75) is 26.8 Å². The zero-order chi connectivity index (χ0) is 24.2. The average molecular weight is 462 g/mol. The van der Waals surface area contributed by atoms with E-state index < -0.39 is 0 Å². The first kappa shape index (κ1) is 23.3. The third-order valence-corrected chi connectivity index (χ3v) is 6.25. The summed E-state index contributed by atoms with van der Waals surface area (Å²) in [5.41, 5.74) is 5.67. The van der Waals surface area contributed by atoms with Crippen LogP contribution in [-0.2, 0) is 0 Å². The van der Waals surface area contributed by atoms with Crippen LogP contribution >= 0.6 is 0 Å². The lowest BCUT2D eigenvalue weighted by Gasteiger charge is -2.30. The van der Waals surface area contributed by atoms with E-state index in [0.29, 0.717) is 47.7 Å². The van der Waals surface area contributed by atoms with Gasteiger partial charge in [-0.1, -0.05) is 18.6 Å². The quantitative estimate of drug-likeness (QED) is 0.440. The minimum atomic E-state index is -0.316. The Hall–Kier alpha value is -3.88. The van der Waals surface area contributed by atoms with Crippen molar-refractivity contribution < 1.29 is 9.18 Å². The van der Waals surface area contributed by atoms with Crippen molar-refractivity contribution in [1.29, 1.82) is 5.41 Å². The predicted molar refractivity (Wildman–Crippen MR) is 133 cm³/mol. The van der Waals surface area contributed by atoms with Crippen LogP contribution < -0.4 is 10.3 Å². The lowest BCUT2D eigenvalue weighted by Crippen LogP contribution is -2.42. The van der Waals surface area contributed by atoms with Gasteiger partial charge in [0, 0.05) is 43.5 Å². The molecule has 1 aromatic heterocycles. The Bertz CT molecular complexity index is 1250. The van der Waals surface area contributed by atoms with Crippen molar-refractivity contribution in [2.75, 3.05) is 30.0 Å². The predicted octanol–water partition coefficient (Wildman–Crippen LogP) is 4.11. The molecular weight excluding hydrogens is 433 g/mol. The number of aryl methyl sites for hydroxylation is 1. The first-order valence-corrected chi connectivity index (χ1v) is 11.2. The van der Waals surface area contributed by atoms with Gasteiger partial charge in [0.25, 0.3) is 5.91 Å². The third kappa shape index (κ3) is 4.88. The Morgan fingerprint density at radius 2 is 2.06 bits per heavy atom. The number of aromatic nitrogens is 2. The lowest BCUT2D eigenvalue weighted by molar-refractivity contribution is 0.0671. The number of halogens is 1. The summed E-state index contributed by atoms with van der Waals surface area (Å²) in [4.78, 5) is 26.7. The number of carbonyl (C=O) groups excluding carboxylic acids is 1. The summed E-state index contributed by atoms with van der Waals surface area (Å²) >= 11 is 0. The van der Waals surface area contributed by atoms with E-state index >= 15 is 0 Å². The van der Waals surface area contributed by atoms with E-state index in [1.807, 2.05) is 30.0 Å². The SMILES string of the molecule is Cc1ccc(N/N=C\C=N)c(C(=O)N2CCN(c3ncc4cc(F)ccc4n3)CC(C)C2C)c1. The molecule has 0 spiro atoms. The van der Waals surface area contributed by atoms with Crippen molar-refractivity contribution in [3.8, 4) is 0 Å². The molecule has 0 aliphatic carbocycles. The van der Waals surface area contributed by atoms with E-state index in [4.69, 9.17) is 5.41 Å². The summed E-state index contributed by atoms with van der Waals surface area (Å²) in [5, 5.41) is 11.7. The Morgan fingerprint density at radius 1 is 1.24 bits per heavy atom. The normalized spacial score (nSPS) is 18.8. The molecule has 1 aliphatic rings. The van der Waals surface area contributed by atoms with Crippen LogP contribution in [0.25, 0.3) is 10.9 Å². The summed E-state index contributed by atoms with van der Waals surface area (Å²) in [7, 11) is 0. The van der Waals surface area contributed by atoms with Gasteiger partial charge in [-0.2, -0.15) is 5.10 Å². The highest BCUT2D eigenvalue weighted by atomic mass is 19.1. The van der Waals surface area contributed by atoms with Gasteiger partial charge in [0.2, 0.25) is 5.95 Å². The van der Waals surface area contributed by atoms with Gasteiger partial charge in [0.1, 0.15) is 5.82 Å². The number of hydrogen-bond donors (Lipinski definition) is 2. The molecule has 2 N–H and O–H groups in total. The molecule has 34 heavy (non-hydrogen) atoms. The Balaban J connectivity index is 1.59. The second kappa shape index (κ2) is 9.94. The second-order valence-electron chi connectivity index (χ2n) is 8.64. The molecule has 0 radical (unpaired) electrons. The van der Waals surface area contributed by atoms with E-state index in [-0.39, 0.29) is 23.7 Å². The molecule has 176 valence electrons. The number of nitrogens with zero attached hydrogens (tertiary/aromatic N) is 5. The summed E-state index contributed by atoms with van der Waals surface area (Å²) in [6.45, 7) is 7.90. The van der Waals surface area contributed by atoms with Crippen LogP contribution in [0.5, 0.6) is 0 Å². The van der Waals surface area contributed by atoms with Crippen LogP contribution in [0.4, 0.5) is 16.0 Å². The van der Waals surface area contributed by atoms with E-state index in [9.17, 15) is 9.18 Å². The monoisotopic (exact) mass is 461 g/mol. The van der Waals surface area contributed by atoms with E-state index in [1.54, 1.807) is 12.3 Å². The van der Waals surface area contributed by atoms with Gasteiger partial charge in [0.15, 0.2) is 0 Å². The maximum Gasteiger partial charge on any atom is 0.256 e. The fourth-order valence-corrected chi connectivity index (χ4v) is 4.18. The smallest absolute Gasteiger partial charge is 0.256 e. The average Bonchev–Trinajstić information content (AvgIpc) is 2.97. The van der Waals surface area contributed by atoms with Gasteiger partial charge < -0.3 is 15.2 Å². The largest absolute Gasteiger partial charge is 0.339 e. The molecule has 0 bridgehead atoms. The van der Waals surface area contributed by atoms with Crippen molar-refractivity contribution in [3.05, 3.63) is 59.5 Å². The van der Waals surface area contributed by atoms with Gasteiger partial charge in [-0.3, -0.25) is 10.2 Å². The molecule has 8 nitrogen and oxygen atoms in total. The van der Waals surface area contributed by atoms with Crippen molar-refractivity contribution in [1.82, 2.24) is 14.9 Å². The number of hydrogen-bond acceptors (Lipinski definition) is 7. The summed E-state index contributed by atoms with van der Waals surface area (Å²) in [5.74, 6) is 0.346. The van der Waals surface area contributed by atoms with Crippen LogP contribution in [0.15, 0.2) is 47.7 Å². The number of carbonyl (C=O) groups is 1. The molecule has 2 heterocycles. The number of anilines is 2. The minimum Gasteiger partial charge on any atom is -0.339 e. The molecular formula is C25H28FN7O. The van der Waals surface area contributed by atoms with Gasteiger partial charge in [-0.05, 0) is 50.1 Å². The standard InChI is InChI=1S/C25H28FN7O/c1-16-4-6-23(31-29-9-8-27)21(12-16)24(34)33-11-10-32(15-17(2)18(33)3)25-28-14-19-13-20(26)5-7-22(19)30-25/h4-9,12-14,17-18,27,31H,10-11,15H2,1-3H3/b27-8?,29-9-. The Kier molecular flexibility index (Phi) is 6.81. The lowest BCUT2D eigenvalue weighted by atomic mass is 10.0. The molecule has 1 saturated heterocycles. The highest BCUT2D eigenvalue weighted by molar-refractivity contribution is 6.14. The number of fused-ring (bicyclic) bond motifs is 1. The first-order valence-electron chi connectivity index (χ1n) is 11.2. The molecule has 3 aromatic rings. The molecule has 2 unspecified atom stereocenters. The zero-order valence-electron chi connectivity index (χ0n) is 19.5. The fraction of sp³-hybridized carbons (Fsp3) is 0.320. The Morgan fingerprint density at radius 3 is 2.85 bits per heavy atom. The van der Waals surface area contributed by atoms with Gasteiger partial charge in [-0.15, -0.1) is 0 Å². The van der Waals surface area contributed by atoms with Crippen molar-refractivity contribution in [2.24, 2.45) is 11.0 Å². The second-order valence-corrected chi connectivity index (χ2v) is 8.64. The van der Waals surface area contributed by atoms with Gasteiger partial charge in [-0.25, -0.2) is 14.4 Å². The number of hydrazone groups is 1. The van der Waals surface area contributed by atoms with Gasteiger partial charge in [0.05, 0.1) is 23.0 Å². The fourth-order valence-electron chi connectivity index (χ4n) is 4.18. The highest BCUT2D eigenvalue weighted by Gasteiger charge is 2.32. The van der Waals surface area contributed by atoms with Crippen LogP contribution in [0, 0.1) is 24.1 Å². The number of benzene rings is 2. The van der Waals surface area contributed by atoms with Crippen LogP contribution in [-0.4, -0.2) is 58.9 Å². The molecule has 4 rings (SSSR count). The van der Waals surface area contributed by atoms with Crippen LogP contribution in [0.2, 0.25) is 0 Å². The topological polar surface area (TPSA) is 97.6 Å². The van der Waals surface area contributed by atoms with Crippen LogP contribution in [0.1, 0.15) is 29.8 Å². The third-order valence-electron chi connectivity index (χ3n) is 6.25. The van der Waals surface area contributed by atoms with E-state index in [2.05, 4.69) is 39.2 Å². The number of nitrogens with one attached hydrogen (secondary N) is 2.